The molecular weight excluding hydrogens is 1380 g/mol. The molecule has 594 valence electrons. The van der Waals surface area contributed by atoms with Gasteiger partial charge in [-0.2, -0.15) is 0 Å². The molecule has 10 atom stereocenters. The van der Waals surface area contributed by atoms with Crippen molar-refractivity contribution in [2.24, 2.45) is 72.4 Å². The Balaban J connectivity index is 0.000000231. The van der Waals surface area contributed by atoms with Crippen LogP contribution >= 0.6 is 0 Å². The number of aliphatic hydroxyl groups is 2. The van der Waals surface area contributed by atoms with Crippen molar-refractivity contribution in [3.63, 3.8) is 0 Å². The molecule has 12 nitrogen and oxygen atoms in total. The number of carbonyl (C=O) groups excluding carboxylic acids is 10. The van der Waals surface area contributed by atoms with Gasteiger partial charge in [-0.15, -0.1) is 0 Å². The molecule has 0 radical (unpaired) electrons. The number of hydrogen-bond donors (Lipinski definition) is 2. The molecule has 0 spiro atoms. The molecular formula is C99H126O12. The lowest BCUT2D eigenvalue weighted by Gasteiger charge is -2.60. The second-order valence-electron chi connectivity index (χ2n) is 36.5. The van der Waals surface area contributed by atoms with E-state index >= 15 is 0 Å². The number of rotatable bonds is 24. The Kier molecular flexibility index (Phi) is 27.8. The molecule has 6 bridgehead atoms. The second-order valence-corrected chi connectivity index (χ2v) is 36.5. The van der Waals surface area contributed by atoms with Crippen LogP contribution in [0.1, 0.15) is 274 Å². The minimum absolute atomic E-state index is 0.147. The van der Waals surface area contributed by atoms with Crippen LogP contribution in [0.25, 0.3) is 0 Å². The monoisotopic (exact) mass is 1510 g/mol. The first-order chi connectivity index (χ1) is 51.7. The Bertz CT molecular complexity index is 4330. The molecule has 12 heteroatoms. The third-order valence-electron chi connectivity index (χ3n) is 25.6. The summed E-state index contributed by atoms with van der Waals surface area (Å²) in [5.74, 6) is -6.55. The first-order valence-electron chi connectivity index (χ1n) is 39.9. The Morgan fingerprint density at radius 2 is 0.568 bits per heavy atom. The number of fused-ring (bicyclic) bond motifs is 6. The van der Waals surface area contributed by atoms with Gasteiger partial charge in [-0.05, 0) is 236 Å². The van der Waals surface area contributed by atoms with E-state index in [0.717, 1.165) is 50.2 Å². The van der Waals surface area contributed by atoms with Crippen LogP contribution in [0.15, 0.2) is 219 Å². The van der Waals surface area contributed by atoms with E-state index in [0.29, 0.717) is 55.2 Å². The fourth-order valence-electron chi connectivity index (χ4n) is 18.7. The molecule has 3 aromatic carbocycles. The molecule has 4 fully saturated rings. The van der Waals surface area contributed by atoms with Crippen LogP contribution < -0.4 is 0 Å². The van der Waals surface area contributed by atoms with Gasteiger partial charge < -0.3 is 10.2 Å². The highest BCUT2D eigenvalue weighted by Crippen LogP contribution is 2.69. The zero-order chi connectivity index (χ0) is 83.3. The zero-order valence-electron chi connectivity index (χ0n) is 71.1. The third kappa shape index (κ3) is 16.0. The third-order valence-corrected chi connectivity index (χ3v) is 25.6. The molecule has 6 aliphatic rings. The average molecular weight is 1510 g/mol. The van der Waals surface area contributed by atoms with Gasteiger partial charge in [0.2, 0.25) is 0 Å². The molecule has 0 aliphatic heterocycles. The quantitative estimate of drug-likeness (QED) is 0.0487. The van der Waals surface area contributed by atoms with E-state index in [4.69, 9.17) is 0 Å². The van der Waals surface area contributed by atoms with Crippen molar-refractivity contribution in [3.05, 3.63) is 235 Å². The first-order valence-corrected chi connectivity index (χ1v) is 39.9. The van der Waals surface area contributed by atoms with Crippen LogP contribution in [0.3, 0.4) is 0 Å². The largest absolute Gasteiger partial charge is 0.511 e. The van der Waals surface area contributed by atoms with Crippen LogP contribution in [-0.4, -0.2) is 68.0 Å². The van der Waals surface area contributed by atoms with Gasteiger partial charge in [-0.1, -0.05) is 237 Å². The summed E-state index contributed by atoms with van der Waals surface area (Å²) in [6.07, 6.45) is 22.1. The van der Waals surface area contributed by atoms with E-state index in [1.54, 1.807) is 72.8 Å². The van der Waals surface area contributed by atoms with E-state index in [-0.39, 0.29) is 84.7 Å². The summed E-state index contributed by atoms with van der Waals surface area (Å²) >= 11 is 0. The van der Waals surface area contributed by atoms with E-state index in [1.807, 2.05) is 221 Å². The number of ketones is 10. The Morgan fingerprint density at radius 1 is 0.324 bits per heavy atom. The molecule has 3 aromatic rings. The van der Waals surface area contributed by atoms with E-state index in [2.05, 4.69) is 18.2 Å². The normalized spacial score (nSPS) is 27.1. The average Bonchev–Trinajstić information content (AvgIpc) is 0.683. The maximum atomic E-state index is 14.8. The summed E-state index contributed by atoms with van der Waals surface area (Å²) in [7, 11) is 0. The maximum Gasteiger partial charge on any atom is 0.184 e. The van der Waals surface area contributed by atoms with Gasteiger partial charge in [0.25, 0.3) is 0 Å². The summed E-state index contributed by atoms with van der Waals surface area (Å²) in [5, 5.41) is 23.6. The highest BCUT2D eigenvalue weighted by Gasteiger charge is 2.79. The zero-order valence-corrected chi connectivity index (χ0v) is 71.1. The Morgan fingerprint density at radius 3 is 0.856 bits per heavy atom. The van der Waals surface area contributed by atoms with Crippen LogP contribution in [0.2, 0.25) is 0 Å². The second kappa shape index (κ2) is 34.6. The summed E-state index contributed by atoms with van der Waals surface area (Å²) in [6, 6.07) is 26.0. The molecule has 4 unspecified atom stereocenters. The fourth-order valence-corrected chi connectivity index (χ4v) is 18.7. The summed E-state index contributed by atoms with van der Waals surface area (Å²) < 4.78 is 0. The van der Waals surface area contributed by atoms with E-state index < -0.39 is 107 Å². The fraction of sp³-hybridized carbons (Fsp3) is 0.495. The molecule has 0 aromatic heterocycles. The molecule has 0 amide bonds. The topological polar surface area (TPSA) is 211 Å². The van der Waals surface area contributed by atoms with Crippen molar-refractivity contribution in [1.82, 2.24) is 0 Å². The molecule has 2 N–H and O–H groups in total. The number of benzene rings is 3. The van der Waals surface area contributed by atoms with E-state index in [9.17, 15) is 58.2 Å². The number of aliphatic hydroxyl groups excluding tert-OH is 2. The molecule has 111 heavy (non-hydrogen) atoms. The van der Waals surface area contributed by atoms with Crippen molar-refractivity contribution in [3.8, 4) is 0 Å². The number of hydrogen-bond acceptors (Lipinski definition) is 12. The smallest absolute Gasteiger partial charge is 0.184 e. The van der Waals surface area contributed by atoms with Gasteiger partial charge in [0.15, 0.2) is 74.1 Å². The molecule has 6 aliphatic carbocycles. The highest BCUT2D eigenvalue weighted by molar-refractivity contribution is 6.41. The lowest BCUT2D eigenvalue weighted by molar-refractivity contribution is -0.179. The highest BCUT2D eigenvalue weighted by atomic mass is 16.3. The molecule has 0 heterocycles. The predicted molar refractivity (Wildman–Crippen MR) is 447 cm³/mol. The summed E-state index contributed by atoms with van der Waals surface area (Å²) in [4.78, 5) is 146. The predicted octanol–water partition coefficient (Wildman–Crippen LogP) is 23.1. The maximum absolute atomic E-state index is 14.8. The van der Waals surface area contributed by atoms with Crippen LogP contribution in [0.5, 0.6) is 0 Å². The van der Waals surface area contributed by atoms with Crippen molar-refractivity contribution in [1.29, 1.82) is 0 Å². The molecule has 0 saturated heterocycles. The summed E-state index contributed by atoms with van der Waals surface area (Å²) in [6.45, 7) is 46.8. The van der Waals surface area contributed by atoms with Gasteiger partial charge in [0, 0.05) is 27.8 Å². The Labute approximate surface area is 663 Å². The molecule has 9 rings (SSSR count). The van der Waals surface area contributed by atoms with E-state index in [1.165, 1.54) is 0 Å². The molecule has 4 saturated carbocycles. The number of Topliss-reactive ketones (excluding diaryl/α,β-unsaturated/α-hetero) is 10. The SMILES string of the molecule is CC(C)=CCC1=C(O)[C@]2(CC=C(C)C)CC(CC=C(C)C)C(C)(C)[C@](C(=O)c3ccccc3)(C1=O)C2=O.CC(C)=CCC1=C(O)[C@]2(CC=C(C)C)CC(CC=C(C)C)C(C)(C)[C@](C(=O)c3ccccc3)(C1=O)C2=O.CC(C)=CCC1C(=O)[C@]2(CC=C(C)C)CC(CC=C(C)C)C(C)(C)[C@](C(=O)c3ccccc3)(C1=O)C2=O. The van der Waals surface area contributed by atoms with Gasteiger partial charge >= 0.3 is 0 Å². The minimum Gasteiger partial charge on any atom is -0.511 e. The van der Waals surface area contributed by atoms with Gasteiger partial charge in [0.1, 0.15) is 11.5 Å². The van der Waals surface area contributed by atoms with Crippen LogP contribution in [0.4, 0.5) is 0 Å². The minimum atomic E-state index is -1.92. The standard InChI is InChI=1S/3C33H42O4/c3*1-21(2)14-16-25-20-32(19-18-23(5)6)28(35)26(17-15-22(3)4)29(36)33(30(32)37,31(25,7)8)27(34)24-12-10-9-11-13-24/h2*9-15,18,25,35H,16-17,19-20H2,1-8H3;9-15,18,25-26H,16-17,19-20H2,1-8H3/t2*25?,32-,33+;25?,26?,32-,33+/m000/s1. The lowest BCUT2D eigenvalue weighted by Crippen LogP contribution is -2.73. The first kappa shape index (κ1) is 89.3. The van der Waals surface area contributed by atoms with Crippen LogP contribution in [-0.2, 0) is 33.6 Å². The Hall–Kier alpha value is -8.90. The number of allylic oxidation sites excluding steroid dienone is 22. The van der Waals surface area contributed by atoms with Crippen LogP contribution in [0, 0.1) is 72.4 Å². The van der Waals surface area contributed by atoms with Crippen molar-refractivity contribution >= 4 is 57.8 Å². The summed E-state index contributed by atoms with van der Waals surface area (Å²) in [5.41, 5.74) is -1.87. The van der Waals surface area contributed by atoms with Crippen molar-refractivity contribution in [2.75, 3.05) is 0 Å². The lowest BCUT2D eigenvalue weighted by atomic mass is 9.37. The van der Waals surface area contributed by atoms with Crippen molar-refractivity contribution < 1.29 is 58.2 Å². The van der Waals surface area contributed by atoms with Gasteiger partial charge in [0.05, 0.1) is 22.2 Å². The van der Waals surface area contributed by atoms with Crippen molar-refractivity contribution in [2.45, 2.75) is 243 Å². The van der Waals surface area contributed by atoms with Gasteiger partial charge in [-0.3, -0.25) is 47.9 Å². The number of carbonyl (C=O) groups is 10. The van der Waals surface area contributed by atoms with Gasteiger partial charge in [-0.25, -0.2) is 0 Å².